The van der Waals surface area contributed by atoms with E-state index in [9.17, 15) is 14.4 Å². The van der Waals surface area contributed by atoms with Crippen molar-refractivity contribution in [1.82, 2.24) is 15.3 Å². The highest BCUT2D eigenvalue weighted by molar-refractivity contribution is 6.64. The topological polar surface area (TPSA) is 107 Å². The first kappa shape index (κ1) is 26.9. The van der Waals surface area contributed by atoms with E-state index in [1.807, 2.05) is 30.3 Å². The van der Waals surface area contributed by atoms with Crippen molar-refractivity contribution < 1.29 is 28.1 Å². The number of nitrogens with one attached hydrogen (secondary N) is 1. The molecule has 2 aromatic rings. The molecular weight excluding hydrogens is 471 g/mol. The Hall–Kier alpha value is -3.11. The van der Waals surface area contributed by atoms with Crippen LogP contribution in [-0.2, 0) is 25.3 Å². The first-order valence-electron chi connectivity index (χ1n) is 13.2. The van der Waals surface area contributed by atoms with Gasteiger partial charge in [-0.2, -0.15) is 0 Å². The average Bonchev–Trinajstić information content (AvgIpc) is 2.89. The third-order valence-electron chi connectivity index (χ3n) is 7.77. The van der Waals surface area contributed by atoms with Crippen molar-refractivity contribution in [3.8, 4) is 0 Å². The van der Waals surface area contributed by atoms with Crippen LogP contribution in [0, 0.1) is 5.92 Å². The molecule has 9 nitrogen and oxygen atoms in total. The average molecular weight is 508 g/mol. The molecule has 0 radical (unpaired) electrons. The van der Waals surface area contributed by atoms with Crippen LogP contribution in [0.2, 0.25) is 5.82 Å². The molecule has 2 saturated heterocycles. The molecule has 1 aromatic heterocycles. The van der Waals surface area contributed by atoms with Crippen LogP contribution in [-0.4, -0.2) is 71.5 Å². The third kappa shape index (κ3) is 6.07. The molecule has 4 atom stereocenters. The lowest BCUT2D eigenvalue weighted by Gasteiger charge is -2.63. The lowest BCUT2D eigenvalue weighted by Crippen LogP contribution is -2.77. The van der Waals surface area contributed by atoms with Gasteiger partial charge in [0.15, 0.2) is 5.78 Å². The normalized spacial score (nSPS) is 25.0. The van der Waals surface area contributed by atoms with Gasteiger partial charge in [-0.15, -0.1) is 0 Å². The molecule has 2 aliphatic heterocycles. The molecule has 2 unspecified atom stereocenters. The van der Waals surface area contributed by atoms with Crippen molar-refractivity contribution in [2.24, 2.45) is 5.92 Å². The van der Waals surface area contributed by atoms with Gasteiger partial charge in [-0.1, -0.05) is 50.6 Å². The number of rotatable bonds is 10. The van der Waals surface area contributed by atoms with Crippen LogP contribution in [0.25, 0.3) is 0 Å². The molecule has 0 saturated carbocycles. The van der Waals surface area contributed by atoms with Gasteiger partial charge in [0, 0.05) is 39.0 Å². The number of ketones is 1. The zero-order chi connectivity index (χ0) is 26.5. The molecule has 1 amide bonds. The van der Waals surface area contributed by atoms with Gasteiger partial charge >= 0.3 is 6.69 Å². The van der Waals surface area contributed by atoms with E-state index in [1.165, 1.54) is 18.6 Å². The molecule has 10 heteroatoms. The van der Waals surface area contributed by atoms with Crippen LogP contribution in [0.3, 0.4) is 0 Å². The van der Waals surface area contributed by atoms with E-state index in [4.69, 9.17) is 9.31 Å². The number of carbonyl (C=O) groups is 3. The van der Waals surface area contributed by atoms with E-state index >= 15 is 0 Å². The second-order valence-corrected chi connectivity index (χ2v) is 11.0. The van der Waals surface area contributed by atoms with Gasteiger partial charge in [-0.05, 0) is 30.1 Å². The maximum Gasteiger partial charge on any atom is 0.530 e. The summed E-state index contributed by atoms with van der Waals surface area (Å²) in [5.74, 6) is -0.880. The van der Waals surface area contributed by atoms with E-state index in [1.54, 1.807) is 0 Å². The van der Waals surface area contributed by atoms with Crippen molar-refractivity contribution >= 4 is 24.3 Å². The summed E-state index contributed by atoms with van der Waals surface area (Å²) in [5.41, 5.74) is 1.08. The molecule has 2 aliphatic rings. The predicted octanol–water partition coefficient (Wildman–Crippen LogP) is 2.95. The molecule has 198 valence electrons. The van der Waals surface area contributed by atoms with Gasteiger partial charge in [0.2, 0.25) is 0 Å². The number of Topliss-reactive ketones (excluding diaryl/α,β-unsaturated/α-hetero) is 1. The molecule has 2 fully saturated rings. The predicted molar refractivity (Wildman–Crippen MR) is 139 cm³/mol. The van der Waals surface area contributed by atoms with Gasteiger partial charge in [0.05, 0.1) is 25.2 Å². The Labute approximate surface area is 218 Å². The van der Waals surface area contributed by atoms with Gasteiger partial charge < -0.3 is 19.0 Å². The maximum atomic E-state index is 14.0. The van der Waals surface area contributed by atoms with Gasteiger partial charge in [0.1, 0.15) is 5.69 Å². The summed E-state index contributed by atoms with van der Waals surface area (Å²) < 4.78 is 13.0. The number of aromatic nitrogens is 2. The van der Waals surface area contributed by atoms with E-state index < -0.39 is 18.6 Å². The zero-order valence-corrected chi connectivity index (χ0v) is 22.0. The fourth-order valence-electron chi connectivity index (χ4n) is 5.98. The molecule has 1 N–H and O–H groups in total. The van der Waals surface area contributed by atoms with Crippen molar-refractivity contribution in [1.29, 1.82) is 0 Å². The Balaban J connectivity index is 1.63. The minimum absolute atomic E-state index is 0.120. The minimum atomic E-state index is -2.08. The number of nitrogens with zero attached hydrogens (tertiary/aromatic N) is 3. The van der Waals surface area contributed by atoms with Crippen LogP contribution in [0.15, 0.2) is 48.9 Å². The number of carbonyl (C=O) groups excluding carboxylic acids is 3. The number of benzene rings is 1. The lowest BCUT2D eigenvalue weighted by molar-refractivity contribution is -0.839. The van der Waals surface area contributed by atoms with Crippen LogP contribution in [0.5, 0.6) is 0 Å². The number of hydrogen-bond acceptors (Lipinski definition) is 7. The monoisotopic (exact) mass is 508 g/mol. The van der Waals surface area contributed by atoms with Crippen molar-refractivity contribution in [2.75, 3.05) is 26.7 Å². The van der Waals surface area contributed by atoms with E-state index in [0.29, 0.717) is 36.8 Å². The molecule has 4 rings (SSSR count). The Morgan fingerprint density at radius 2 is 1.95 bits per heavy atom. The lowest BCUT2D eigenvalue weighted by atomic mass is 9.48. The highest BCUT2D eigenvalue weighted by atomic mass is 16.7. The summed E-state index contributed by atoms with van der Waals surface area (Å²) in [6.07, 6.45) is 6.68. The number of hydrogen-bond donors (Lipinski definition) is 1. The second kappa shape index (κ2) is 11.5. The van der Waals surface area contributed by atoms with Crippen molar-refractivity contribution in [3.63, 3.8) is 0 Å². The Morgan fingerprint density at radius 1 is 1.16 bits per heavy atom. The largest absolute Gasteiger partial charge is 0.615 e. The summed E-state index contributed by atoms with van der Waals surface area (Å²) in [5, 5.41) is 2.89. The van der Waals surface area contributed by atoms with E-state index in [2.05, 4.69) is 36.2 Å². The second-order valence-electron chi connectivity index (χ2n) is 11.0. The van der Waals surface area contributed by atoms with Gasteiger partial charge in [-0.3, -0.25) is 19.4 Å². The Morgan fingerprint density at radius 3 is 2.65 bits per heavy atom. The quantitative estimate of drug-likeness (QED) is 0.492. The first-order valence-corrected chi connectivity index (χ1v) is 13.2. The van der Waals surface area contributed by atoms with Crippen molar-refractivity contribution in [3.05, 3.63) is 60.2 Å². The van der Waals surface area contributed by atoms with Crippen LogP contribution in [0.1, 0.15) is 55.6 Å². The third-order valence-corrected chi connectivity index (χ3v) is 7.77. The summed E-state index contributed by atoms with van der Waals surface area (Å²) in [6, 6.07) is 8.82. The van der Waals surface area contributed by atoms with E-state index in [-0.39, 0.29) is 35.6 Å². The molecule has 37 heavy (non-hydrogen) atoms. The van der Waals surface area contributed by atoms with Gasteiger partial charge in [0.25, 0.3) is 11.9 Å². The van der Waals surface area contributed by atoms with E-state index in [0.717, 1.165) is 18.5 Å². The summed E-state index contributed by atoms with van der Waals surface area (Å²) in [7, 11) is 2.08. The minimum Gasteiger partial charge on any atom is -0.615 e. The number of fused-ring (bicyclic) bond motifs is 1. The summed E-state index contributed by atoms with van der Waals surface area (Å²) in [4.78, 5) is 47.6. The molecule has 1 aromatic carbocycles. The summed E-state index contributed by atoms with van der Waals surface area (Å²) >= 11 is 0. The van der Waals surface area contributed by atoms with Gasteiger partial charge in [-0.25, -0.2) is 4.98 Å². The summed E-state index contributed by atoms with van der Waals surface area (Å²) in [6.45, 7) is 4.09. The smallest absolute Gasteiger partial charge is 0.530 e. The van der Waals surface area contributed by atoms with Crippen LogP contribution in [0.4, 0.5) is 0 Å². The number of amides is 1. The van der Waals surface area contributed by atoms with Crippen LogP contribution < -0.4 is 5.32 Å². The maximum absolute atomic E-state index is 14.0. The van der Waals surface area contributed by atoms with Crippen molar-refractivity contribution in [2.45, 2.75) is 57.8 Å². The Bertz CT molecular complexity index is 1100. The number of quaternary nitrogens is 1. The standard InChI is InChI=1S/C27H37BN4O5/c1-20(2)16-22(28-32(3,13-7-15-36-28)14-10-26(34)37-28)18-25(33)23(17-21-8-5-4-6-9-21)31-27(35)24-19-29-11-12-30-24/h4-6,8-9,11-12,19-20,22-23H,7,10,13-18H2,1-3H3,(H,31,35)/t22-,23+,28?,32?/m1/s1. The fourth-order valence-corrected chi connectivity index (χ4v) is 5.98. The first-order chi connectivity index (χ1) is 17.7. The molecular formula is C27H37BN4O5. The fraction of sp³-hybridized carbons (Fsp3) is 0.519. The SMILES string of the molecule is CC(C)C[C@H](CC(=O)[C@H](Cc1ccccc1)NC(=O)c1cnccn1)[B-]12OCCC[N+]1(C)CCC(=O)O2. The molecule has 0 spiro atoms. The van der Waals surface area contributed by atoms with Crippen LogP contribution >= 0.6 is 0 Å². The molecule has 0 bridgehead atoms. The Kier molecular flexibility index (Phi) is 8.39. The zero-order valence-electron chi connectivity index (χ0n) is 22.0. The highest BCUT2D eigenvalue weighted by Gasteiger charge is 2.60. The highest BCUT2D eigenvalue weighted by Crippen LogP contribution is 2.44. The molecule has 3 heterocycles. The molecule has 0 aliphatic carbocycles.